The molecule has 0 aromatic heterocycles. The summed E-state index contributed by atoms with van der Waals surface area (Å²) in [6, 6.07) is 10.1. The Bertz CT molecular complexity index is 289. The van der Waals surface area contributed by atoms with Crippen LogP contribution in [0.15, 0.2) is 30.3 Å². The summed E-state index contributed by atoms with van der Waals surface area (Å²) < 4.78 is 16.1. The molecule has 1 aromatic rings. The van der Waals surface area contributed by atoms with Crippen LogP contribution < -0.4 is 0 Å². The normalized spacial score (nSPS) is 12.6. The van der Waals surface area contributed by atoms with Gasteiger partial charge >= 0.3 is 0 Å². The summed E-state index contributed by atoms with van der Waals surface area (Å²) >= 11 is 0. The van der Waals surface area contributed by atoms with E-state index >= 15 is 0 Å². The first-order chi connectivity index (χ1) is 8.83. The monoisotopic (exact) mass is 254 g/mol. The van der Waals surface area contributed by atoms with E-state index in [0.717, 1.165) is 5.56 Å². The van der Waals surface area contributed by atoms with Crippen LogP contribution in [0.1, 0.15) is 12.5 Å². The molecule has 1 N–H and O–H groups in total. The van der Waals surface area contributed by atoms with E-state index < -0.39 is 0 Å². The van der Waals surface area contributed by atoms with Gasteiger partial charge in [-0.3, -0.25) is 0 Å². The van der Waals surface area contributed by atoms with Crippen LogP contribution in [-0.4, -0.2) is 44.2 Å². The van der Waals surface area contributed by atoms with Crippen molar-refractivity contribution in [2.45, 2.75) is 19.6 Å². The maximum atomic E-state index is 8.50. The molecule has 0 amide bonds. The smallest absolute Gasteiger partial charge is 0.0785 e. The van der Waals surface area contributed by atoms with E-state index in [-0.39, 0.29) is 12.7 Å². The lowest BCUT2D eigenvalue weighted by Gasteiger charge is -2.13. The molecular weight excluding hydrogens is 232 g/mol. The summed E-state index contributed by atoms with van der Waals surface area (Å²) in [5.74, 6) is 0. The lowest BCUT2D eigenvalue weighted by atomic mass is 10.2. The topological polar surface area (TPSA) is 47.9 Å². The molecule has 0 aliphatic rings. The highest BCUT2D eigenvalue weighted by molar-refractivity contribution is 5.13. The quantitative estimate of drug-likeness (QED) is 0.645. The minimum absolute atomic E-state index is 0.0522. The number of hydrogen-bond acceptors (Lipinski definition) is 4. The predicted molar refractivity (Wildman–Crippen MR) is 69.4 cm³/mol. The summed E-state index contributed by atoms with van der Waals surface area (Å²) in [7, 11) is 0. The van der Waals surface area contributed by atoms with Crippen LogP contribution in [0.4, 0.5) is 0 Å². The van der Waals surface area contributed by atoms with Crippen molar-refractivity contribution in [2.75, 3.05) is 33.0 Å². The maximum absolute atomic E-state index is 8.50. The van der Waals surface area contributed by atoms with E-state index in [1.54, 1.807) is 0 Å². The van der Waals surface area contributed by atoms with E-state index in [1.807, 2.05) is 37.3 Å². The van der Waals surface area contributed by atoms with Crippen LogP contribution >= 0.6 is 0 Å². The summed E-state index contributed by atoms with van der Waals surface area (Å²) in [4.78, 5) is 0. The largest absolute Gasteiger partial charge is 0.394 e. The van der Waals surface area contributed by atoms with Gasteiger partial charge in [0.25, 0.3) is 0 Å². The molecular formula is C14H22O4. The summed E-state index contributed by atoms with van der Waals surface area (Å²) in [5, 5.41) is 8.50. The fraction of sp³-hybridized carbons (Fsp3) is 0.571. The Balaban J connectivity index is 1.99. The number of ether oxygens (including phenoxy) is 3. The Hall–Kier alpha value is -0.940. The van der Waals surface area contributed by atoms with E-state index in [4.69, 9.17) is 19.3 Å². The first-order valence-electron chi connectivity index (χ1n) is 6.25. The Morgan fingerprint density at radius 2 is 1.78 bits per heavy atom. The molecule has 0 radical (unpaired) electrons. The minimum Gasteiger partial charge on any atom is -0.394 e. The second kappa shape index (κ2) is 10.0. The molecule has 0 saturated heterocycles. The van der Waals surface area contributed by atoms with Gasteiger partial charge in [-0.25, -0.2) is 0 Å². The average Bonchev–Trinajstić information content (AvgIpc) is 2.41. The van der Waals surface area contributed by atoms with E-state index in [9.17, 15) is 0 Å². The number of aliphatic hydroxyl groups excluding tert-OH is 1. The van der Waals surface area contributed by atoms with Crippen molar-refractivity contribution >= 4 is 0 Å². The third kappa shape index (κ3) is 7.40. The third-order valence-electron chi connectivity index (χ3n) is 2.34. The molecule has 18 heavy (non-hydrogen) atoms. The van der Waals surface area contributed by atoms with Crippen LogP contribution in [0.25, 0.3) is 0 Å². The van der Waals surface area contributed by atoms with Gasteiger partial charge in [0.15, 0.2) is 0 Å². The molecule has 1 atom stereocenters. The Morgan fingerprint density at radius 3 is 2.50 bits per heavy atom. The summed E-state index contributed by atoms with van der Waals surface area (Å²) in [5.41, 5.74) is 1.16. The first kappa shape index (κ1) is 15.1. The molecule has 0 saturated carbocycles. The van der Waals surface area contributed by atoms with Gasteiger partial charge in [0.05, 0.1) is 45.7 Å². The number of hydrogen-bond donors (Lipinski definition) is 1. The first-order valence-corrected chi connectivity index (χ1v) is 6.25. The fourth-order valence-corrected chi connectivity index (χ4v) is 1.39. The summed E-state index contributed by atoms with van der Waals surface area (Å²) in [6.45, 7) is 4.59. The fourth-order valence-electron chi connectivity index (χ4n) is 1.39. The van der Waals surface area contributed by atoms with Crippen LogP contribution in [0.5, 0.6) is 0 Å². The van der Waals surface area contributed by atoms with E-state index in [2.05, 4.69) is 0 Å². The molecule has 0 spiro atoms. The molecule has 102 valence electrons. The molecule has 1 unspecified atom stereocenters. The summed E-state index contributed by atoms with van der Waals surface area (Å²) in [6.07, 6.45) is 0.0584. The van der Waals surface area contributed by atoms with Crippen LogP contribution in [-0.2, 0) is 20.8 Å². The zero-order valence-corrected chi connectivity index (χ0v) is 10.9. The van der Waals surface area contributed by atoms with Crippen LogP contribution in [0, 0.1) is 0 Å². The second-order valence-corrected chi connectivity index (χ2v) is 4.02. The lowest BCUT2D eigenvalue weighted by molar-refractivity contribution is -0.0318. The SMILES string of the molecule is CC(COCCOCCO)OCc1ccccc1. The second-order valence-electron chi connectivity index (χ2n) is 4.02. The van der Waals surface area contributed by atoms with Crippen molar-refractivity contribution in [1.29, 1.82) is 0 Å². The molecule has 0 aliphatic heterocycles. The Labute approximate surface area is 108 Å². The zero-order valence-electron chi connectivity index (χ0n) is 10.9. The highest BCUT2D eigenvalue weighted by Gasteiger charge is 2.02. The van der Waals surface area contributed by atoms with Gasteiger partial charge in [0, 0.05) is 0 Å². The van der Waals surface area contributed by atoms with Crippen molar-refractivity contribution in [3.05, 3.63) is 35.9 Å². The maximum Gasteiger partial charge on any atom is 0.0785 e. The molecule has 0 fully saturated rings. The highest BCUT2D eigenvalue weighted by atomic mass is 16.5. The Kier molecular flexibility index (Phi) is 8.42. The molecule has 1 aromatic carbocycles. The molecule has 0 bridgehead atoms. The average molecular weight is 254 g/mol. The molecule has 4 heteroatoms. The number of rotatable bonds is 10. The lowest BCUT2D eigenvalue weighted by Crippen LogP contribution is -2.18. The van der Waals surface area contributed by atoms with Crippen molar-refractivity contribution in [2.24, 2.45) is 0 Å². The minimum atomic E-state index is 0.0522. The third-order valence-corrected chi connectivity index (χ3v) is 2.34. The van der Waals surface area contributed by atoms with Crippen molar-refractivity contribution in [3.63, 3.8) is 0 Å². The van der Waals surface area contributed by atoms with Crippen LogP contribution in [0.3, 0.4) is 0 Å². The van der Waals surface area contributed by atoms with Crippen molar-refractivity contribution in [3.8, 4) is 0 Å². The predicted octanol–water partition coefficient (Wildman–Crippen LogP) is 1.62. The zero-order chi connectivity index (χ0) is 13.1. The van der Waals surface area contributed by atoms with Gasteiger partial charge in [0.2, 0.25) is 0 Å². The van der Waals surface area contributed by atoms with Crippen molar-refractivity contribution < 1.29 is 19.3 Å². The molecule has 0 aliphatic carbocycles. The molecule has 0 heterocycles. The van der Waals surface area contributed by atoms with Gasteiger partial charge in [0.1, 0.15) is 0 Å². The number of aliphatic hydroxyl groups is 1. The standard InChI is InChI=1S/C14H22O4/c1-13(11-17-10-9-16-8-7-15)18-12-14-5-3-2-4-6-14/h2-6,13,15H,7-12H2,1H3. The van der Waals surface area contributed by atoms with E-state index in [0.29, 0.717) is 33.0 Å². The van der Waals surface area contributed by atoms with Gasteiger partial charge in [-0.05, 0) is 12.5 Å². The Morgan fingerprint density at radius 1 is 1.06 bits per heavy atom. The van der Waals surface area contributed by atoms with Gasteiger partial charge in [-0.1, -0.05) is 30.3 Å². The van der Waals surface area contributed by atoms with Crippen molar-refractivity contribution in [1.82, 2.24) is 0 Å². The number of benzene rings is 1. The van der Waals surface area contributed by atoms with Crippen LogP contribution in [0.2, 0.25) is 0 Å². The highest BCUT2D eigenvalue weighted by Crippen LogP contribution is 2.03. The van der Waals surface area contributed by atoms with Gasteiger partial charge in [-0.15, -0.1) is 0 Å². The van der Waals surface area contributed by atoms with E-state index in [1.165, 1.54) is 0 Å². The molecule has 4 nitrogen and oxygen atoms in total. The van der Waals surface area contributed by atoms with Gasteiger partial charge in [-0.2, -0.15) is 0 Å². The van der Waals surface area contributed by atoms with Gasteiger partial charge < -0.3 is 19.3 Å². The molecule has 1 rings (SSSR count).